The standard InChI is InChI=1S/C17H22N6O2/c1-12-2-3-13(8-20-12)16(24)23-7-5-15(10-23)22-17(25)19-6-4-14-9-18-11-21-14/h2-3,8-9,11,15H,4-7,10H2,1H3,(H,18,21)(H2,19,22,25)/t15-/m1/s1. The normalized spacial score (nSPS) is 16.7. The van der Waals surface area contributed by atoms with Gasteiger partial charge in [0.2, 0.25) is 0 Å². The van der Waals surface area contributed by atoms with E-state index in [2.05, 4.69) is 25.6 Å². The van der Waals surface area contributed by atoms with Gasteiger partial charge in [0.25, 0.3) is 5.91 Å². The lowest BCUT2D eigenvalue weighted by atomic mass is 10.2. The fraction of sp³-hybridized carbons (Fsp3) is 0.412. The van der Waals surface area contributed by atoms with Crippen LogP contribution in [0.25, 0.3) is 0 Å². The van der Waals surface area contributed by atoms with Crippen molar-refractivity contribution in [2.45, 2.75) is 25.8 Å². The Morgan fingerprint density at radius 3 is 2.96 bits per heavy atom. The van der Waals surface area contributed by atoms with E-state index in [0.29, 0.717) is 31.6 Å². The van der Waals surface area contributed by atoms with Gasteiger partial charge < -0.3 is 20.5 Å². The Morgan fingerprint density at radius 2 is 2.24 bits per heavy atom. The molecule has 1 aliphatic heterocycles. The number of hydrogen-bond acceptors (Lipinski definition) is 4. The van der Waals surface area contributed by atoms with Crippen LogP contribution in [0.15, 0.2) is 30.9 Å². The highest BCUT2D eigenvalue weighted by Crippen LogP contribution is 2.13. The first-order valence-electron chi connectivity index (χ1n) is 8.36. The summed E-state index contributed by atoms with van der Waals surface area (Å²) >= 11 is 0. The van der Waals surface area contributed by atoms with Gasteiger partial charge in [0.15, 0.2) is 0 Å². The van der Waals surface area contributed by atoms with Crippen molar-refractivity contribution in [3.8, 4) is 0 Å². The maximum Gasteiger partial charge on any atom is 0.315 e. The second kappa shape index (κ2) is 7.78. The first kappa shape index (κ1) is 16.9. The molecule has 3 N–H and O–H groups in total. The van der Waals surface area contributed by atoms with Gasteiger partial charge in [0, 0.05) is 50.2 Å². The fourth-order valence-corrected chi connectivity index (χ4v) is 2.81. The lowest BCUT2D eigenvalue weighted by Crippen LogP contribution is -2.44. The summed E-state index contributed by atoms with van der Waals surface area (Å²) in [6.07, 6.45) is 6.44. The molecule has 8 heteroatoms. The minimum Gasteiger partial charge on any atom is -0.351 e. The Hall–Kier alpha value is -2.90. The largest absolute Gasteiger partial charge is 0.351 e. The molecule has 3 heterocycles. The summed E-state index contributed by atoms with van der Waals surface area (Å²) in [6, 6.07) is 3.36. The van der Waals surface area contributed by atoms with Crippen LogP contribution in [0.3, 0.4) is 0 Å². The van der Waals surface area contributed by atoms with Gasteiger partial charge in [-0.15, -0.1) is 0 Å². The fourth-order valence-electron chi connectivity index (χ4n) is 2.81. The predicted octanol–water partition coefficient (Wildman–Crippen LogP) is 0.870. The van der Waals surface area contributed by atoms with Crippen LogP contribution in [0.2, 0.25) is 0 Å². The average molecular weight is 342 g/mol. The van der Waals surface area contributed by atoms with Gasteiger partial charge in [0.1, 0.15) is 0 Å². The second-order valence-corrected chi connectivity index (χ2v) is 6.14. The van der Waals surface area contributed by atoms with E-state index in [1.807, 2.05) is 13.0 Å². The van der Waals surface area contributed by atoms with Crippen molar-refractivity contribution in [1.29, 1.82) is 0 Å². The Bertz CT molecular complexity index is 713. The van der Waals surface area contributed by atoms with Gasteiger partial charge in [-0.3, -0.25) is 9.78 Å². The van der Waals surface area contributed by atoms with Crippen LogP contribution in [0.4, 0.5) is 4.79 Å². The highest BCUT2D eigenvalue weighted by Gasteiger charge is 2.28. The molecular formula is C17H22N6O2. The topological polar surface area (TPSA) is 103 Å². The quantitative estimate of drug-likeness (QED) is 0.750. The van der Waals surface area contributed by atoms with Gasteiger partial charge in [0.05, 0.1) is 17.6 Å². The highest BCUT2D eigenvalue weighted by atomic mass is 16.2. The zero-order valence-corrected chi connectivity index (χ0v) is 14.2. The first-order chi connectivity index (χ1) is 12.1. The van der Waals surface area contributed by atoms with Crippen LogP contribution in [0.1, 0.15) is 28.2 Å². The molecule has 2 aromatic rings. The molecule has 0 saturated carbocycles. The Kier molecular flexibility index (Phi) is 5.27. The number of aryl methyl sites for hydroxylation is 1. The predicted molar refractivity (Wildman–Crippen MR) is 92.1 cm³/mol. The minimum absolute atomic E-state index is 0.0345. The Labute approximate surface area is 146 Å². The van der Waals surface area contributed by atoms with Crippen molar-refractivity contribution in [3.63, 3.8) is 0 Å². The molecule has 3 amide bonds. The molecule has 0 spiro atoms. The molecule has 0 bridgehead atoms. The van der Waals surface area contributed by atoms with E-state index in [0.717, 1.165) is 17.8 Å². The molecule has 1 atom stereocenters. The van der Waals surface area contributed by atoms with Gasteiger partial charge in [-0.05, 0) is 25.5 Å². The van der Waals surface area contributed by atoms with Crippen molar-refractivity contribution in [1.82, 2.24) is 30.5 Å². The lowest BCUT2D eigenvalue weighted by molar-refractivity contribution is 0.0789. The number of rotatable bonds is 5. The molecule has 0 radical (unpaired) electrons. The van der Waals surface area contributed by atoms with Crippen molar-refractivity contribution < 1.29 is 9.59 Å². The SMILES string of the molecule is Cc1ccc(C(=O)N2CC[C@@H](NC(=O)NCCc3c[nH]cn3)C2)cn1. The van der Waals surface area contributed by atoms with Crippen molar-refractivity contribution >= 4 is 11.9 Å². The van der Waals surface area contributed by atoms with Gasteiger partial charge in [-0.25, -0.2) is 9.78 Å². The number of pyridine rings is 1. The zero-order valence-electron chi connectivity index (χ0n) is 14.2. The summed E-state index contributed by atoms with van der Waals surface area (Å²) in [7, 11) is 0. The number of aromatic nitrogens is 3. The number of nitrogens with zero attached hydrogens (tertiary/aromatic N) is 3. The number of imidazole rings is 1. The molecule has 132 valence electrons. The lowest BCUT2D eigenvalue weighted by Gasteiger charge is -2.17. The Morgan fingerprint density at radius 1 is 1.36 bits per heavy atom. The van der Waals surface area contributed by atoms with Gasteiger partial charge in [-0.1, -0.05) is 0 Å². The van der Waals surface area contributed by atoms with E-state index in [9.17, 15) is 9.59 Å². The van der Waals surface area contributed by atoms with Crippen LogP contribution in [0, 0.1) is 6.92 Å². The van der Waals surface area contributed by atoms with Crippen molar-refractivity contribution in [2.75, 3.05) is 19.6 Å². The summed E-state index contributed by atoms with van der Waals surface area (Å²) < 4.78 is 0. The number of hydrogen-bond donors (Lipinski definition) is 3. The number of likely N-dealkylation sites (tertiary alicyclic amines) is 1. The summed E-state index contributed by atoms with van der Waals surface area (Å²) in [5, 5.41) is 5.73. The van der Waals surface area contributed by atoms with Crippen LogP contribution in [0.5, 0.6) is 0 Å². The second-order valence-electron chi connectivity index (χ2n) is 6.14. The van der Waals surface area contributed by atoms with Crippen LogP contribution >= 0.6 is 0 Å². The third-order valence-corrected chi connectivity index (χ3v) is 4.19. The molecule has 1 aliphatic rings. The highest BCUT2D eigenvalue weighted by molar-refractivity contribution is 5.94. The minimum atomic E-state index is -0.216. The smallest absolute Gasteiger partial charge is 0.315 e. The monoisotopic (exact) mass is 342 g/mol. The molecule has 8 nitrogen and oxygen atoms in total. The van der Waals surface area contributed by atoms with E-state index < -0.39 is 0 Å². The number of nitrogens with one attached hydrogen (secondary N) is 3. The maximum atomic E-state index is 12.4. The van der Waals surface area contributed by atoms with Crippen LogP contribution in [-0.2, 0) is 6.42 Å². The summed E-state index contributed by atoms with van der Waals surface area (Å²) in [5.41, 5.74) is 2.36. The molecule has 0 aliphatic carbocycles. The van der Waals surface area contributed by atoms with Crippen LogP contribution < -0.4 is 10.6 Å². The molecule has 1 fully saturated rings. The Balaban J connectivity index is 1.42. The van der Waals surface area contributed by atoms with Gasteiger partial charge >= 0.3 is 6.03 Å². The number of amides is 3. The molecular weight excluding hydrogens is 320 g/mol. The summed E-state index contributed by atoms with van der Waals surface area (Å²) in [6.45, 7) is 3.54. The van der Waals surface area contributed by atoms with E-state index >= 15 is 0 Å². The molecule has 25 heavy (non-hydrogen) atoms. The molecule has 1 saturated heterocycles. The molecule has 2 aromatic heterocycles. The van der Waals surface area contributed by atoms with Crippen molar-refractivity contribution in [2.24, 2.45) is 0 Å². The third-order valence-electron chi connectivity index (χ3n) is 4.19. The van der Waals surface area contributed by atoms with Crippen molar-refractivity contribution in [3.05, 3.63) is 47.8 Å². The zero-order chi connectivity index (χ0) is 17.6. The van der Waals surface area contributed by atoms with E-state index in [1.165, 1.54) is 0 Å². The van der Waals surface area contributed by atoms with Gasteiger partial charge in [-0.2, -0.15) is 0 Å². The number of carbonyl (C=O) groups excluding carboxylic acids is 2. The first-order valence-corrected chi connectivity index (χ1v) is 8.36. The third kappa shape index (κ3) is 4.56. The summed E-state index contributed by atoms with van der Waals surface area (Å²) in [5.74, 6) is -0.0456. The molecule has 3 rings (SSSR count). The molecule has 0 aromatic carbocycles. The number of carbonyl (C=O) groups is 2. The number of urea groups is 1. The van der Waals surface area contributed by atoms with E-state index in [4.69, 9.17) is 0 Å². The average Bonchev–Trinajstić information content (AvgIpc) is 3.27. The number of H-pyrrole nitrogens is 1. The van der Waals surface area contributed by atoms with E-state index in [1.54, 1.807) is 29.7 Å². The van der Waals surface area contributed by atoms with E-state index in [-0.39, 0.29) is 18.0 Å². The van der Waals surface area contributed by atoms with Crippen LogP contribution in [-0.4, -0.2) is 57.5 Å². The molecule has 0 unspecified atom stereocenters. The summed E-state index contributed by atoms with van der Waals surface area (Å²) in [4.78, 5) is 37.3. The number of aromatic amines is 1. The maximum absolute atomic E-state index is 12.4.